The Hall–Kier alpha value is -1.31. The summed E-state index contributed by atoms with van der Waals surface area (Å²) in [6.07, 6.45) is -2.58. The van der Waals surface area contributed by atoms with Crippen LogP contribution in [0, 0.1) is 5.92 Å². The fourth-order valence-electron chi connectivity index (χ4n) is 2.83. The van der Waals surface area contributed by atoms with Crippen LogP contribution < -0.4 is 0 Å². The van der Waals surface area contributed by atoms with Crippen molar-refractivity contribution in [3.05, 3.63) is 0 Å². The summed E-state index contributed by atoms with van der Waals surface area (Å²) in [5.74, 6) is -0.105. The Labute approximate surface area is 120 Å². The van der Waals surface area contributed by atoms with Gasteiger partial charge in [-0.2, -0.15) is 23.3 Å². The predicted molar refractivity (Wildman–Crippen MR) is 68.5 cm³/mol. The molecule has 0 aromatic carbocycles. The first-order valence-corrected chi connectivity index (χ1v) is 7.13. The minimum atomic E-state index is -4.99. The van der Waals surface area contributed by atoms with Crippen LogP contribution >= 0.6 is 0 Å². The summed E-state index contributed by atoms with van der Waals surface area (Å²) in [5.41, 5.74) is -3.06. The Morgan fingerprint density at radius 1 is 1.43 bits per heavy atom. The minimum Gasteiger partial charge on any atom is -0.448 e. The summed E-state index contributed by atoms with van der Waals surface area (Å²) in [7, 11) is 0. The van der Waals surface area contributed by atoms with Crippen molar-refractivity contribution in [3.8, 4) is 0 Å². The Balaban J connectivity index is 2.25. The second kappa shape index (κ2) is 5.82. The fourth-order valence-corrected chi connectivity index (χ4v) is 2.83. The summed E-state index contributed by atoms with van der Waals surface area (Å²) in [5, 5.41) is 13.8. The molecule has 1 atom stereocenters. The van der Waals surface area contributed by atoms with E-state index in [0.29, 0.717) is 0 Å². The normalized spacial score (nSPS) is 27.7. The van der Waals surface area contributed by atoms with Crippen molar-refractivity contribution < 1.29 is 27.8 Å². The molecule has 21 heavy (non-hydrogen) atoms. The molecule has 0 unspecified atom stereocenters. The summed E-state index contributed by atoms with van der Waals surface area (Å²) < 4.78 is 44.1. The zero-order chi connectivity index (χ0) is 15.7. The third kappa shape index (κ3) is 3.00. The van der Waals surface area contributed by atoms with Crippen molar-refractivity contribution in [2.75, 3.05) is 6.61 Å². The first-order chi connectivity index (χ1) is 9.79. The SMILES string of the molecule is CCOC(=O)N1N=C(C2CCCCC2)C[C@@]1(O)C(F)(F)F. The second-order valence-corrected chi connectivity index (χ2v) is 5.43. The van der Waals surface area contributed by atoms with Crippen molar-refractivity contribution in [3.63, 3.8) is 0 Å². The van der Waals surface area contributed by atoms with Crippen molar-refractivity contribution >= 4 is 11.8 Å². The molecule has 120 valence electrons. The number of aliphatic hydroxyl groups is 1. The van der Waals surface area contributed by atoms with E-state index in [2.05, 4.69) is 9.84 Å². The Morgan fingerprint density at radius 3 is 2.57 bits per heavy atom. The van der Waals surface area contributed by atoms with Gasteiger partial charge in [-0.05, 0) is 25.7 Å². The lowest BCUT2D eigenvalue weighted by atomic mass is 9.83. The number of ether oxygens (including phenoxy) is 1. The number of carbonyl (C=O) groups excluding carboxylic acids is 1. The minimum absolute atomic E-state index is 0.0560. The summed E-state index contributed by atoms with van der Waals surface area (Å²) >= 11 is 0. The first kappa shape index (κ1) is 16.1. The molecule has 2 rings (SSSR count). The zero-order valence-electron chi connectivity index (χ0n) is 11.8. The second-order valence-electron chi connectivity index (χ2n) is 5.43. The highest BCUT2D eigenvalue weighted by atomic mass is 19.4. The van der Waals surface area contributed by atoms with E-state index in [4.69, 9.17) is 0 Å². The lowest BCUT2D eigenvalue weighted by molar-refractivity contribution is -0.299. The van der Waals surface area contributed by atoms with Gasteiger partial charge >= 0.3 is 12.3 Å². The number of hydrogen-bond acceptors (Lipinski definition) is 4. The van der Waals surface area contributed by atoms with Gasteiger partial charge in [0.2, 0.25) is 0 Å². The molecular weight excluding hydrogens is 289 g/mol. The highest BCUT2D eigenvalue weighted by Crippen LogP contribution is 2.43. The molecular formula is C13H19F3N2O3. The largest absolute Gasteiger partial charge is 0.448 e. The van der Waals surface area contributed by atoms with Gasteiger partial charge in [-0.1, -0.05) is 19.3 Å². The van der Waals surface area contributed by atoms with Crippen LogP contribution in [0.25, 0.3) is 0 Å². The van der Waals surface area contributed by atoms with Crippen molar-refractivity contribution in [1.82, 2.24) is 5.01 Å². The number of carbonyl (C=O) groups is 1. The number of alkyl halides is 3. The number of hydrogen-bond donors (Lipinski definition) is 1. The lowest BCUT2D eigenvalue weighted by Crippen LogP contribution is -2.56. The molecule has 0 aromatic heterocycles. The van der Waals surface area contributed by atoms with Crippen molar-refractivity contribution in [2.45, 2.75) is 57.3 Å². The molecule has 0 aromatic rings. The molecule has 2 aliphatic rings. The van der Waals surface area contributed by atoms with Crippen LogP contribution in [0.4, 0.5) is 18.0 Å². The van der Waals surface area contributed by atoms with Crippen LogP contribution in [0.5, 0.6) is 0 Å². The van der Waals surface area contributed by atoms with Crippen molar-refractivity contribution in [1.29, 1.82) is 0 Å². The maximum Gasteiger partial charge on any atom is 0.439 e. The molecule has 0 saturated heterocycles. The Morgan fingerprint density at radius 2 is 2.05 bits per heavy atom. The highest BCUT2D eigenvalue weighted by molar-refractivity contribution is 5.91. The van der Waals surface area contributed by atoms with Gasteiger partial charge in [0.15, 0.2) is 0 Å². The number of amides is 1. The molecule has 1 aliphatic heterocycles. The van der Waals surface area contributed by atoms with E-state index in [1.165, 1.54) is 6.92 Å². The lowest BCUT2D eigenvalue weighted by Gasteiger charge is -2.31. The van der Waals surface area contributed by atoms with Gasteiger partial charge in [0, 0.05) is 12.1 Å². The van der Waals surface area contributed by atoms with Gasteiger partial charge in [-0.3, -0.25) is 0 Å². The van der Waals surface area contributed by atoms with Gasteiger partial charge in [-0.25, -0.2) is 4.79 Å². The Bertz CT molecular complexity index is 433. The maximum atomic E-state index is 13.2. The molecule has 1 aliphatic carbocycles. The average Bonchev–Trinajstić information content (AvgIpc) is 2.79. The molecule has 1 heterocycles. The van der Waals surface area contributed by atoms with Gasteiger partial charge in [-0.15, -0.1) is 0 Å². The van der Waals surface area contributed by atoms with E-state index in [1.807, 2.05) is 0 Å². The summed E-state index contributed by atoms with van der Waals surface area (Å²) in [6.45, 7) is 1.39. The van der Waals surface area contributed by atoms with Crippen LogP contribution in [0.15, 0.2) is 5.10 Å². The molecule has 1 fully saturated rings. The van der Waals surface area contributed by atoms with E-state index >= 15 is 0 Å². The smallest absolute Gasteiger partial charge is 0.439 e. The number of rotatable bonds is 2. The molecule has 0 spiro atoms. The van der Waals surface area contributed by atoms with Gasteiger partial charge in [0.05, 0.1) is 6.61 Å². The molecule has 1 saturated carbocycles. The van der Waals surface area contributed by atoms with E-state index in [9.17, 15) is 23.1 Å². The van der Waals surface area contributed by atoms with Gasteiger partial charge in [0.25, 0.3) is 5.72 Å². The maximum absolute atomic E-state index is 13.2. The summed E-state index contributed by atoms with van der Waals surface area (Å²) in [4.78, 5) is 11.7. The Kier molecular flexibility index (Phi) is 4.46. The first-order valence-electron chi connectivity index (χ1n) is 7.13. The average molecular weight is 308 g/mol. The monoisotopic (exact) mass is 308 g/mol. The standard InChI is InChI=1S/C13H19F3N2O3/c1-2-21-11(19)18-12(20,13(14,15)16)8-10(17-18)9-6-4-3-5-7-9/h9,20H,2-8H2,1H3/t12-/m1/s1. The quantitative estimate of drug-likeness (QED) is 0.853. The van der Waals surface area contributed by atoms with E-state index in [0.717, 1.165) is 32.1 Å². The van der Waals surface area contributed by atoms with Crippen LogP contribution in [0.2, 0.25) is 0 Å². The number of hydrazone groups is 1. The van der Waals surface area contributed by atoms with Gasteiger partial charge < -0.3 is 9.84 Å². The molecule has 5 nitrogen and oxygen atoms in total. The third-order valence-corrected chi connectivity index (χ3v) is 3.98. The molecule has 1 amide bonds. The van der Waals surface area contributed by atoms with Crippen LogP contribution in [0.3, 0.4) is 0 Å². The van der Waals surface area contributed by atoms with Gasteiger partial charge in [0.1, 0.15) is 0 Å². The summed E-state index contributed by atoms with van der Waals surface area (Å²) in [6, 6.07) is 0. The molecule has 1 N–H and O–H groups in total. The molecule has 0 radical (unpaired) electrons. The van der Waals surface area contributed by atoms with Crippen LogP contribution in [-0.2, 0) is 4.74 Å². The topological polar surface area (TPSA) is 62.1 Å². The zero-order valence-corrected chi connectivity index (χ0v) is 11.8. The predicted octanol–water partition coefficient (Wildman–Crippen LogP) is 3.04. The van der Waals surface area contributed by atoms with E-state index in [1.54, 1.807) is 0 Å². The molecule has 0 bridgehead atoms. The van der Waals surface area contributed by atoms with E-state index < -0.39 is 24.4 Å². The third-order valence-electron chi connectivity index (χ3n) is 3.98. The molecule has 8 heteroatoms. The highest BCUT2D eigenvalue weighted by Gasteiger charge is 2.64. The fraction of sp³-hybridized carbons (Fsp3) is 0.846. The van der Waals surface area contributed by atoms with Crippen molar-refractivity contribution in [2.24, 2.45) is 11.0 Å². The number of nitrogens with zero attached hydrogens (tertiary/aromatic N) is 2. The number of halogens is 3. The van der Waals surface area contributed by atoms with Crippen LogP contribution in [-0.4, -0.2) is 40.4 Å². The van der Waals surface area contributed by atoms with Crippen LogP contribution in [0.1, 0.15) is 45.4 Å². The van der Waals surface area contributed by atoms with E-state index in [-0.39, 0.29) is 23.2 Å².